The molecule has 0 rings (SSSR count). The van der Waals surface area contributed by atoms with E-state index in [4.69, 9.17) is 19.3 Å². The summed E-state index contributed by atoms with van der Waals surface area (Å²) in [5, 5.41) is 0. The van der Waals surface area contributed by atoms with Gasteiger partial charge in [0.2, 0.25) is 0 Å². The first-order chi connectivity index (χ1) is 18.8. The lowest BCUT2D eigenvalue weighted by Gasteiger charge is -2.18. The molecular weight excluding hydrogens is 519 g/mol. The standard InChI is InChI=1S/C30H59O8P/c1-3-5-7-9-11-13-14-15-17-19-21-23-25-30(32)38-28(27-37-39(33,34)35)26-36-29(31)24-22-20-18-16-12-10-8-6-4-2/h28H,3-27H2,1-2H3,(H2,33,34,35). The predicted molar refractivity (Wildman–Crippen MR) is 156 cm³/mol. The molecular formula is C30H59O8P. The van der Waals surface area contributed by atoms with Crippen molar-refractivity contribution in [3.63, 3.8) is 0 Å². The second kappa shape index (κ2) is 27.2. The molecule has 8 nitrogen and oxygen atoms in total. The fourth-order valence-corrected chi connectivity index (χ4v) is 4.85. The lowest BCUT2D eigenvalue weighted by Crippen LogP contribution is -2.29. The molecule has 0 aliphatic rings. The number of unbranched alkanes of at least 4 members (excludes halogenated alkanes) is 19. The largest absolute Gasteiger partial charge is 0.469 e. The highest BCUT2D eigenvalue weighted by Crippen LogP contribution is 2.35. The van der Waals surface area contributed by atoms with Crippen molar-refractivity contribution >= 4 is 19.8 Å². The third kappa shape index (κ3) is 29.8. The molecule has 0 aliphatic heterocycles. The average molecular weight is 579 g/mol. The van der Waals surface area contributed by atoms with Crippen molar-refractivity contribution in [3.8, 4) is 0 Å². The maximum absolute atomic E-state index is 12.2. The maximum atomic E-state index is 12.2. The molecule has 39 heavy (non-hydrogen) atoms. The van der Waals surface area contributed by atoms with Gasteiger partial charge in [-0.3, -0.25) is 14.1 Å². The van der Waals surface area contributed by atoms with Crippen molar-refractivity contribution in [2.24, 2.45) is 0 Å². The van der Waals surface area contributed by atoms with Crippen LogP contribution in [0.1, 0.15) is 162 Å². The highest BCUT2D eigenvalue weighted by atomic mass is 31.2. The second-order valence-electron chi connectivity index (χ2n) is 10.8. The monoisotopic (exact) mass is 578 g/mol. The van der Waals surface area contributed by atoms with Gasteiger partial charge in [-0.1, -0.05) is 136 Å². The molecule has 0 spiro atoms. The first kappa shape index (κ1) is 38.0. The van der Waals surface area contributed by atoms with E-state index in [1.807, 2.05) is 0 Å². The SMILES string of the molecule is CCCCCCCCCCCCCCC(=O)OC(COC(=O)CCCCCCCCCCC)COP(=O)(O)O. The third-order valence-corrected chi connectivity index (χ3v) is 7.36. The predicted octanol–water partition coefficient (Wildman–Crippen LogP) is 8.56. The topological polar surface area (TPSA) is 119 Å². The van der Waals surface area contributed by atoms with E-state index < -0.39 is 32.5 Å². The molecule has 9 heteroatoms. The van der Waals surface area contributed by atoms with E-state index in [9.17, 15) is 14.2 Å². The van der Waals surface area contributed by atoms with Crippen LogP contribution < -0.4 is 0 Å². The van der Waals surface area contributed by atoms with Crippen molar-refractivity contribution in [2.75, 3.05) is 13.2 Å². The van der Waals surface area contributed by atoms with E-state index in [1.54, 1.807) is 0 Å². The van der Waals surface area contributed by atoms with Crippen LogP contribution in [0.25, 0.3) is 0 Å². The lowest BCUT2D eigenvalue weighted by atomic mass is 10.0. The van der Waals surface area contributed by atoms with E-state index >= 15 is 0 Å². The molecule has 1 atom stereocenters. The number of carbonyl (C=O) groups excluding carboxylic acids is 2. The van der Waals surface area contributed by atoms with Crippen LogP contribution >= 0.6 is 7.82 Å². The summed E-state index contributed by atoms with van der Waals surface area (Å²) in [5.41, 5.74) is 0. The van der Waals surface area contributed by atoms with Gasteiger partial charge in [0.1, 0.15) is 6.61 Å². The van der Waals surface area contributed by atoms with Gasteiger partial charge in [-0.15, -0.1) is 0 Å². The van der Waals surface area contributed by atoms with Crippen LogP contribution in [0.5, 0.6) is 0 Å². The summed E-state index contributed by atoms with van der Waals surface area (Å²) < 4.78 is 26.1. The Labute approximate surface area is 238 Å². The molecule has 0 fully saturated rings. The lowest BCUT2D eigenvalue weighted by molar-refractivity contribution is -0.161. The molecule has 0 saturated heterocycles. The molecule has 1 unspecified atom stereocenters. The van der Waals surface area contributed by atoms with Crippen LogP contribution in [0.15, 0.2) is 0 Å². The smallest absolute Gasteiger partial charge is 0.462 e. The van der Waals surface area contributed by atoms with Gasteiger partial charge in [-0.05, 0) is 12.8 Å². The van der Waals surface area contributed by atoms with Crippen LogP contribution in [-0.2, 0) is 28.2 Å². The van der Waals surface area contributed by atoms with Crippen LogP contribution in [0.3, 0.4) is 0 Å². The molecule has 0 aliphatic carbocycles. The zero-order valence-corrected chi connectivity index (χ0v) is 25.9. The zero-order chi connectivity index (χ0) is 29.0. The number of carbonyl (C=O) groups is 2. The Morgan fingerprint density at radius 1 is 0.564 bits per heavy atom. The van der Waals surface area contributed by atoms with Gasteiger partial charge in [0.15, 0.2) is 6.10 Å². The molecule has 0 saturated carbocycles. The van der Waals surface area contributed by atoms with Crippen molar-refractivity contribution < 1.29 is 37.9 Å². The van der Waals surface area contributed by atoms with Crippen LogP contribution in [-0.4, -0.2) is 41.0 Å². The summed E-state index contributed by atoms with van der Waals surface area (Å²) >= 11 is 0. The minimum Gasteiger partial charge on any atom is -0.462 e. The first-order valence-corrected chi connectivity index (χ1v) is 17.4. The third-order valence-electron chi connectivity index (χ3n) is 6.88. The van der Waals surface area contributed by atoms with Gasteiger partial charge in [0, 0.05) is 12.8 Å². The molecule has 0 aromatic heterocycles. The van der Waals surface area contributed by atoms with E-state index in [-0.39, 0.29) is 19.4 Å². The van der Waals surface area contributed by atoms with E-state index in [0.717, 1.165) is 38.5 Å². The number of phosphoric ester groups is 1. The number of esters is 2. The highest BCUT2D eigenvalue weighted by Gasteiger charge is 2.22. The van der Waals surface area contributed by atoms with E-state index in [2.05, 4.69) is 18.4 Å². The quantitative estimate of drug-likeness (QED) is 0.0514. The summed E-state index contributed by atoms with van der Waals surface area (Å²) in [5.74, 6) is -0.882. The summed E-state index contributed by atoms with van der Waals surface area (Å²) in [7, 11) is -4.73. The van der Waals surface area contributed by atoms with Gasteiger partial charge in [-0.2, -0.15) is 0 Å². The molecule has 0 heterocycles. The van der Waals surface area contributed by atoms with E-state index in [0.29, 0.717) is 6.42 Å². The Balaban J connectivity index is 4.02. The molecule has 0 radical (unpaired) electrons. The average Bonchev–Trinajstić information content (AvgIpc) is 2.89. The Morgan fingerprint density at radius 3 is 1.31 bits per heavy atom. The molecule has 0 amide bonds. The van der Waals surface area contributed by atoms with Crippen molar-refractivity contribution in [1.82, 2.24) is 0 Å². The fraction of sp³-hybridized carbons (Fsp3) is 0.933. The maximum Gasteiger partial charge on any atom is 0.469 e. The summed E-state index contributed by atoms with van der Waals surface area (Å²) in [6.07, 6.45) is 24.0. The summed E-state index contributed by atoms with van der Waals surface area (Å²) in [6, 6.07) is 0. The molecule has 232 valence electrons. The number of hydrogen-bond acceptors (Lipinski definition) is 6. The van der Waals surface area contributed by atoms with Gasteiger partial charge in [-0.25, -0.2) is 4.57 Å². The Morgan fingerprint density at radius 2 is 0.923 bits per heavy atom. The first-order valence-electron chi connectivity index (χ1n) is 15.8. The van der Waals surface area contributed by atoms with Crippen molar-refractivity contribution in [2.45, 2.75) is 168 Å². The van der Waals surface area contributed by atoms with Crippen molar-refractivity contribution in [1.29, 1.82) is 0 Å². The number of rotatable bonds is 29. The molecule has 0 aromatic carbocycles. The van der Waals surface area contributed by atoms with Crippen LogP contribution in [0, 0.1) is 0 Å². The van der Waals surface area contributed by atoms with Gasteiger partial charge in [0.25, 0.3) is 0 Å². The van der Waals surface area contributed by atoms with Gasteiger partial charge < -0.3 is 19.3 Å². The Hall–Kier alpha value is -0.950. The normalized spacial score (nSPS) is 12.4. The van der Waals surface area contributed by atoms with E-state index in [1.165, 1.54) is 89.9 Å². The summed E-state index contributed by atoms with van der Waals surface area (Å²) in [6.45, 7) is 3.63. The fourth-order valence-electron chi connectivity index (χ4n) is 4.49. The van der Waals surface area contributed by atoms with Gasteiger partial charge in [0.05, 0.1) is 6.61 Å². The van der Waals surface area contributed by atoms with Gasteiger partial charge >= 0.3 is 19.8 Å². The molecule has 0 bridgehead atoms. The Bertz CT molecular complexity index is 622. The molecule has 0 aromatic rings. The zero-order valence-electron chi connectivity index (χ0n) is 25.0. The van der Waals surface area contributed by atoms with Crippen LogP contribution in [0.4, 0.5) is 0 Å². The number of hydrogen-bond donors (Lipinski definition) is 2. The van der Waals surface area contributed by atoms with Crippen molar-refractivity contribution in [3.05, 3.63) is 0 Å². The Kier molecular flexibility index (Phi) is 26.6. The second-order valence-corrected chi connectivity index (χ2v) is 12.0. The summed E-state index contributed by atoms with van der Waals surface area (Å²) in [4.78, 5) is 42.3. The molecule has 2 N–H and O–H groups in total. The minimum absolute atomic E-state index is 0.218. The number of ether oxygens (including phenoxy) is 2. The van der Waals surface area contributed by atoms with Crippen LogP contribution in [0.2, 0.25) is 0 Å². The highest BCUT2D eigenvalue weighted by molar-refractivity contribution is 7.46. The number of phosphoric acid groups is 1. The minimum atomic E-state index is -4.73.